The molecule has 0 radical (unpaired) electrons. The number of benzene rings is 1. The molecular weight excluding hydrogens is 350 g/mol. The highest BCUT2D eigenvalue weighted by Crippen LogP contribution is 2.40. The number of carbonyl (C=O) groups excluding carboxylic acids is 1. The smallest absolute Gasteiger partial charge is 0.253 e. The van der Waals surface area contributed by atoms with Crippen molar-refractivity contribution in [3.63, 3.8) is 0 Å². The van der Waals surface area contributed by atoms with Crippen molar-refractivity contribution in [2.75, 3.05) is 19.7 Å². The maximum absolute atomic E-state index is 12.6. The fourth-order valence-electron chi connectivity index (χ4n) is 3.18. The molecule has 0 bridgehead atoms. The van der Waals surface area contributed by atoms with Crippen molar-refractivity contribution in [2.24, 2.45) is 0 Å². The van der Waals surface area contributed by atoms with Gasteiger partial charge in [0.05, 0.1) is 34.8 Å². The lowest BCUT2D eigenvalue weighted by molar-refractivity contribution is 0.0793. The lowest BCUT2D eigenvalue weighted by atomic mass is 10.2. The first-order valence-electron chi connectivity index (χ1n) is 8.67. The van der Waals surface area contributed by atoms with E-state index in [0.717, 1.165) is 36.1 Å². The average molecular weight is 369 g/mol. The molecule has 4 rings (SSSR count). The van der Waals surface area contributed by atoms with Crippen molar-refractivity contribution in [1.29, 1.82) is 0 Å². The molecule has 0 unspecified atom stereocenters. The summed E-state index contributed by atoms with van der Waals surface area (Å²) in [5.41, 5.74) is 2.01. The van der Waals surface area contributed by atoms with Crippen molar-refractivity contribution >= 4 is 27.5 Å². The van der Waals surface area contributed by atoms with Gasteiger partial charge in [0.1, 0.15) is 10.8 Å². The van der Waals surface area contributed by atoms with Crippen molar-refractivity contribution < 1.29 is 14.6 Å². The fourth-order valence-corrected chi connectivity index (χ4v) is 4.24. The molecule has 0 aliphatic carbocycles. The van der Waals surface area contributed by atoms with Crippen LogP contribution in [0.25, 0.3) is 20.8 Å². The van der Waals surface area contributed by atoms with Gasteiger partial charge < -0.3 is 14.7 Å². The van der Waals surface area contributed by atoms with E-state index in [1.54, 1.807) is 6.20 Å². The molecular formula is C19H19N3O3S. The second kappa shape index (κ2) is 6.92. The van der Waals surface area contributed by atoms with Crippen LogP contribution in [0, 0.1) is 0 Å². The highest BCUT2D eigenvalue weighted by molar-refractivity contribution is 7.21. The Labute approximate surface area is 155 Å². The minimum absolute atomic E-state index is 0.0309. The summed E-state index contributed by atoms with van der Waals surface area (Å²) in [6.45, 7) is 4.00. The van der Waals surface area contributed by atoms with Gasteiger partial charge >= 0.3 is 0 Å². The van der Waals surface area contributed by atoms with E-state index in [9.17, 15) is 9.90 Å². The molecule has 1 aromatic carbocycles. The van der Waals surface area contributed by atoms with Crippen molar-refractivity contribution in [2.45, 2.75) is 19.8 Å². The van der Waals surface area contributed by atoms with Crippen LogP contribution < -0.4 is 4.74 Å². The lowest BCUT2D eigenvalue weighted by Crippen LogP contribution is -2.27. The van der Waals surface area contributed by atoms with E-state index in [4.69, 9.17) is 4.74 Å². The minimum Gasteiger partial charge on any atom is -0.505 e. The van der Waals surface area contributed by atoms with Gasteiger partial charge in [0.15, 0.2) is 5.75 Å². The largest absolute Gasteiger partial charge is 0.505 e. The molecule has 1 aliphatic heterocycles. The molecule has 0 saturated carbocycles. The molecule has 2 aromatic heterocycles. The number of nitrogens with zero attached hydrogens (tertiary/aromatic N) is 3. The number of rotatable bonds is 4. The fraction of sp³-hybridized carbons (Fsp3) is 0.316. The summed E-state index contributed by atoms with van der Waals surface area (Å²) in [5.74, 6) is 0.601. The molecule has 1 amide bonds. The summed E-state index contributed by atoms with van der Waals surface area (Å²) in [7, 11) is 0. The molecule has 0 spiro atoms. The zero-order valence-electron chi connectivity index (χ0n) is 14.4. The van der Waals surface area contributed by atoms with Gasteiger partial charge in [-0.25, -0.2) is 4.98 Å². The number of aromatic hydroxyl groups is 1. The predicted molar refractivity (Wildman–Crippen MR) is 101 cm³/mol. The molecule has 3 heterocycles. The molecule has 1 saturated heterocycles. The van der Waals surface area contributed by atoms with E-state index >= 15 is 0 Å². The lowest BCUT2D eigenvalue weighted by Gasteiger charge is -2.14. The third kappa shape index (κ3) is 2.99. The van der Waals surface area contributed by atoms with Gasteiger partial charge in [0.25, 0.3) is 5.91 Å². The van der Waals surface area contributed by atoms with E-state index in [0.29, 0.717) is 28.5 Å². The van der Waals surface area contributed by atoms with E-state index < -0.39 is 0 Å². The maximum atomic E-state index is 12.6. The number of aromatic nitrogens is 2. The van der Waals surface area contributed by atoms with Crippen molar-refractivity contribution in [1.82, 2.24) is 14.9 Å². The van der Waals surface area contributed by atoms with Crippen LogP contribution in [0.15, 0.2) is 30.6 Å². The van der Waals surface area contributed by atoms with E-state index in [1.807, 2.05) is 30.0 Å². The monoisotopic (exact) mass is 369 g/mol. The number of hydrogen-bond donors (Lipinski definition) is 1. The Morgan fingerprint density at radius 1 is 1.31 bits per heavy atom. The second-order valence-corrected chi connectivity index (χ2v) is 7.20. The molecule has 1 aliphatic rings. The SMILES string of the molecule is CCOc1cncc(O)c1-c1nc2ccc(C(=O)N3CCCC3)cc2s1. The summed E-state index contributed by atoms with van der Waals surface area (Å²) >= 11 is 1.43. The van der Waals surface area contributed by atoms with Gasteiger partial charge in [0, 0.05) is 18.7 Å². The summed E-state index contributed by atoms with van der Waals surface area (Å²) in [6.07, 6.45) is 5.10. The number of amides is 1. The van der Waals surface area contributed by atoms with Crippen molar-refractivity contribution in [3.05, 3.63) is 36.2 Å². The number of carbonyl (C=O) groups is 1. The summed E-state index contributed by atoms with van der Waals surface area (Å²) in [5, 5.41) is 10.9. The molecule has 0 atom stereocenters. The summed E-state index contributed by atoms with van der Waals surface area (Å²) < 4.78 is 6.49. The second-order valence-electron chi connectivity index (χ2n) is 6.17. The van der Waals surface area contributed by atoms with Gasteiger partial charge in [-0.1, -0.05) is 0 Å². The first kappa shape index (κ1) is 16.8. The Morgan fingerprint density at radius 3 is 2.88 bits per heavy atom. The Hall–Kier alpha value is -2.67. The number of thiazole rings is 1. The number of fused-ring (bicyclic) bond motifs is 1. The Bertz CT molecular complexity index is 964. The molecule has 6 nitrogen and oxygen atoms in total. The van der Waals surface area contributed by atoms with Crippen LogP contribution in [0.4, 0.5) is 0 Å². The summed E-state index contributed by atoms with van der Waals surface area (Å²) in [6, 6.07) is 5.56. The number of ether oxygens (including phenoxy) is 1. The average Bonchev–Trinajstić information content (AvgIpc) is 3.30. The zero-order valence-corrected chi connectivity index (χ0v) is 15.3. The first-order valence-corrected chi connectivity index (χ1v) is 9.49. The van der Waals surface area contributed by atoms with Crippen LogP contribution in [0.3, 0.4) is 0 Å². The Kier molecular flexibility index (Phi) is 4.46. The Balaban J connectivity index is 1.74. The topological polar surface area (TPSA) is 75.5 Å². The number of hydrogen-bond acceptors (Lipinski definition) is 6. The third-order valence-electron chi connectivity index (χ3n) is 4.43. The van der Waals surface area contributed by atoms with Gasteiger partial charge in [-0.3, -0.25) is 9.78 Å². The molecule has 1 fully saturated rings. The quantitative estimate of drug-likeness (QED) is 0.759. The van der Waals surface area contributed by atoms with E-state index in [-0.39, 0.29) is 11.7 Å². The number of pyridine rings is 1. The Morgan fingerprint density at radius 2 is 2.12 bits per heavy atom. The summed E-state index contributed by atoms with van der Waals surface area (Å²) in [4.78, 5) is 23.1. The molecule has 3 aromatic rings. The van der Waals surface area contributed by atoms with Gasteiger partial charge in [-0.05, 0) is 38.0 Å². The van der Waals surface area contributed by atoms with Gasteiger partial charge in [-0.15, -0.1) is 11.3 Å². The van der Waals surface area contributed by atoms with E-state index in [1.165, 1.54) is 17.5 Å². The van der Waals surface area contributed by atoms with Crippen LogP contribution in [-0.2, 0) is 0 Å². The van der Waals surface area contributed by atoms with Crippen LogP contribution in [0.5, 0.6) is 11.5 Å². The zero-order chi connectivity index (χ0) is 18.1. The highest BCUT2D eigenvalue weighted by atomic mass is 32.1. The first-order chi connectivity index (χ1) is 12.7. The standard InChI is InChI=1S/C19H19N3O3S/c1-2-25-15-11-20-10-14(23)17(15)18-21-13-6-5-12(9-16(13)26-18)19(24)22-7-3-4-8-22/h5-6,9-11,23H,2-4,7-8H2,1H3. The number of likely N-dealkylation sites (tertiary alicyclic amines) is 1. The van der Waals surface area contributed by atoms with Crippen LogP contribution in [-0.4, -0.2) is 45.6 Å². The van der Waals surface area contributed by atoms with Crippen molar-refractivity contribution in [3.8, 4) is 22.1 Å². The van der Waals surface area contributed by atoms with Crippen LogP contribution in [0.1, 0.15) is 30.1 Å². The maximum Gasteiger partial charge on any atom is 0.253 e. The minimum atomic E-state index is 0.0309. The predicted octanol–water partition coefficient (Wildman–Crippen LogP) is 3.70. The van der Waals surface area contributed by atoms with Crippen LogP contribution >= 0.6 is 11.3 Å². The van der Waals surface area contributed by atoms with Gasteiger partial charge in [0.2, 0.25) is 0 Å². The third-order valence-corrected chi connectivity index (χ3v) is 5.47. The van der Waals surface area contributed by atoms with Gasteiger partial charge in [-0.2, -0.15) is 0 Å². The normalized spacial score (nSPS) is 14.1. The van der Waals surface area contributed by atoms with Crippen LogP contribution in [0.2, 0.25) is 0 Å². The molecule has 1 N–H and O–H groups in total. The highest BCUT2D eigenvalue weighted by Gasteiger charge is 2.21. The van der Waals surface area contributed by atoms with E-state index in [2.05, 4.69) is 9.97 Å². The molecule has 26 heavy (non-hydrogen) atoms. The molecule has 134 valence electrons. The molecule has 7 heteroatoms.